The second-order valence-corrected chi connectivity index (χ2v) is 5.91. The predicted octanol–water partition coefficient (Wildman–Crippen LogP) is 2.58. The van der Waals surface area contributed by atoms with E-state index in [0.717, 1.165) is 6.42 Å². The molecule has 0 aromatic heterocycles. The molecule has 0 aliphatic heterocycles. The Balaban J connectivity index is 2.96. The summed E-state index contributed by atoms with van der Waals surface area (Å²) < 4.78 is 0.665. The molecule has 0 spiro atoms. The zero-order chi connectivity index (χ0) is 10.7. The van der Waals surface area contributed by atoms with E-state index < -0.39 is 0 Å². The van der Waals surface area contributed by atoms with Crippen LogP contribution in [0.2, 0.25) is 4.71 Å². The number of anilines is 1. The third kappa shape index (κ3) is 3.06. The van der Waals surface area contributed by atoms with E-state index in [9.17, 15) is 0 Å². The molecule has 1 aromatic rings. The maximum atomic E-state index is 2.71. The van der Waals surface area contributed by atoms with Crippen molar-refractivity contribution in [2.45, 2.75) is 25.0 Å². The van der Waals surface area contributed by atoms with E-state index in [1.54, 1.807) is 0 Å². The summed E-state index contributed by atoms with van der Waals surface area (Å²) in [5.74, 6) is 0. The summed E-state index contributed by atoms with van der Waals surface area (Å²) in [6.45, 7) is 4.42. The number of aryl methyl sites for hydroxylation is 1. The van der Waals surface area contributed by atoms with Crippen molar-refractivity contribution in [1.82, 2.24) is 0 Å². The molecule has 0 fully saturated rings. The quantitative estimate of drug-likeness (QED) is 0.746. The zero-order valence-corrected chi connectivity index (χ0v) is 11.3. The van der Waals surface area contributed by atoms with Crippen molar-refractivity contribution in [1.29, 1.82) is 0 Å². The predicted molar refractivity (Wildman–Crippen MR) is 64.4 cm³/mol. The molecule has 2 heteroatoms. The van der Waals surface area contributed by atoms with Gasteiger partial charge in [0.2, 0.25) is 0 Å². The summed E-state index contributed by atoms with van der Waals surface area (Å²) in [6.07, 6.45) is 1.15. The van der Waals surface area contributed by atoms with E-state index in [0.29, 0.717) is 4.71 Å². The molecule has 1 atom stereocenters. The minimum absolute atomic E-state index is 0.665. The second-order valence-electron chi connectivity index (χ2n) is 4.06. The second kappa shape index (κ2) is 4.89. The molecular weight excluding hydrogens is 233 g/mol. The summed E-state index contributed by atoms with van der Waals surface area (Å²) in [6, 6.07) is 6.67. The Hall–Kier alpha value is -0.422. The van der Waals surface area contributed by atoms with E-state index in [1.165, 1.54) is 16.8 Å². The first-order valence-corrected chi connectivity index (χ1v) is 6.04. The van der Waals surface area contributed by atoms with Crippen LogP contribution in [-0.2, 0) is 6.42 Å². The molecule has 0 heterocycles. The summed E-state index contributed by atoms with van der Waals surface area (Å²) in [7, 11) is 4.17. The van der Waals surface area contributed by atoms with E-state index in [2.05, 4.69) is 67.9 Å². The molecule has 2 radical (unpaired) electrons. The van der Waals surface area contributed by atoms with Crippen molar-refractivity contribution in [2.75, 3.05) is 19.0 Å². The van der Waals surface area contributed by atoms with Crippen LogP contribution in [0.25, 0.3) is 0 Å². The Morgan fingerprint density at radius 1 is 1.36 bits per heavy atom. The van der Waals surface area contributed by atoms with E-state index in [1.807, 2.05) is 0 Å². The van der Waals surface area contributed by atoms with Gasteiger partial charge in [0.05, 0.1) is 0 Å². The minimum atomic E-state index is 0.665. The first-order valence-electron chi connectivity index (χ1n) is 4.95. The van der Waals surface area contributed by atoms with Gasteiger partial charge >= 0.3 is 95.8 Å². The molecule has 0 aliphatic rings. The third-order valence-electron chi connectivity index (χ3n) is 2.36. The fraction of sp³-hybridized carbons (Fsp3) is 0.500. The van der Waals surface area contributed by atoms with Crippen LogP contribution in [0.15, 0.2) is 18.2 Å². The standard InChI is InChI=1S/C12H18AsN/c1-9-5-6-12(14(3)4)8-11(9)7-10(2)13/h5-6,8,10H,7H2,1-4H3. The van der Waals surface area contributed by atoms with Gasteiger partial charge in [-0.05, 0) is 0 Å². The fourth-order valence-corrected chi connectivity index (χ4v) is 1.89. The molecule has 1 nitrogen and oxygen atoms in total. The van der Waals surface area contributed by atoms with Gasteiger partial charge in [-0.1, -0.05) is 0 Å². The Morgan fingerprint density at radius 3 is 2.50 bits per heavy atom. The summed E-state index contributed by atoms with van der Waals surface area (Å²) in [5.41, 5.74) is 4.15. The molecule has 0 bridgehead atoms. The van der Waals surface area contributed by atoms with Gasteiger partial charge in [-0.15, -0.1) is 0 Å². The van der Waals surface area contributed by atoms with E-state index in [-0.39, 0.29) is 0 Å². The Labute approximate surface area is 96.0 Å². The summed E-state index contributed by atoms with van der Waals surface area (Å²) in [5, 5.41) is 0. The van der Waals surface area contributed by atoms with Crippen LogP contribution in [0.4, 0.5) is 5.69 Å². The fourth-order valence-electron chi connectivity index (χ4n) is 1.47. The molecule has 1 rings (SSSR count). The van der Waals surface area contributed by atoms with Gasteiger partial charge in [0.1, 0.15) is 0 Å². The van der Waals surface area contributed by atoms with Gasteiger partial charge in [-0.25, -0.2) is 0 Å². The maximum absolute atomic E-state index is 2.71. The van der Waals surface area contributed by atoms with Crippen molar-refractivity contribution in [3.63, 3.8) is 0 Å². The Bertz CT molecular complexity index is 305. The Kier molecular flexibility index (Phi) is 4.07. The molecule has 1 aromatic carbocycles. The van der Waals surface area contributed by atoms with Gasteiger partial charge in [-0.2, -0.15) is 0 Å². The molecule has 1 unspecified atom stereocenters. The average molecular weight is 251 g/mol. The van der Waals surface area contributed by atoms with E-state index in [4.69, 9.17) is 0 Å². The first kappa shape index (κ1) is 11.7. The van der Waals surface area contributed by atoms with Crippen molar-refractivity contribution in [3.8, 4) is 0 Å². The molecular formula is C12H18AsN. The van der Waals surface area contributed by atoms with Gasteiger partial charge in [0, 0.05) is 0 Å². The molecule has 76 valence electrons. The molecule has 14 heavy (non-hydrogen) atoms. The van der Waals surface area contributed by atoms with Crippen molar-refractivity contribution in [2.24, 2.45) is 0 Å². The molecule has 0 N–H and O–H groups in total. The summed E-state index contributed by atoms with van der Waals surface area (Å²) in [4.78, 5) is 2.15. The van der Waals surface area contributed by atoms with Crippen molar-refractivity contribution in [3.05, 3.63) is 29.3 Å². The van der Waals surface area contributed by atoms with Crippen LogP contribution < -0.4 is 4.90 Å². The molecule has 0 saturated heterocycles. The molecule has 0 amide bonds. The van der Waals surface area contributed by atoms with Crippen molar-refractivity contribution < 1.29 is 0 Å². The zero-order valence-electron chi connectivity index (χ0n) is 9.41. The van der Waals surface area contributed by atoms with Crippen LogP contribution >= 0.6 is 0 Å². The third-order valence-corrected chi connectivity index (χ3v) is 2.75. The van der Waals surface area contributed by atoms with Crippen molar-refractivity contribution >= 4 is 22.5 Å². The van der Waals surface area contributed by atoms with Crippen LogP contribution in [0.5, 0.6) is 0 Å². The first-order chi connectivity index (χ1) is 6.50. The van der Waals surface area contributed by atoms with Crippen LogP contribution in [0.3, 0.4) is 0 Å². The number of benzene rings is 1. The van der Waals surface area contributed by atoms with Gasteiger partial charge in [-0.3, -0.25) is 0 Å². The van der Waals surface area contributed by atoms with E-state index >= 15 is 0 Å². The normalized spacial score (nSPS) is 12.6. The monoisotopic (exact) mass is 251 g/mol. The molecule has 0 aliphatic carbocycles. The number of nitrogens with zero attached hydrogens (tertiary/aromatic N) is 1. The summed E-state index contributed by atoms with van der Waals surface area (Å²) >= 11 is 2.71. The van der Waals surface area contributed by atoms with Gasteiger partial charge < -0.3 is 0 Å². The molecule has 0 saturated carbocycles. The van der Waals surface area contributed by atoms with Crippen LogP contribution in [-0.4, -0.2) is 30.9 Å². The average Bonchev–Trinajstić information content (AvgIpc) is 2.07. The van der Waals surface area contributed by atoms with Gasteiger partial charge in [0.25, 0.3) is 0 Å². The van der Waals surface area contributed by atoms with Gasteiger partial charge in [0.15, 0.2) is 0 Å². The topological polar surface area (TPSA) is 3.24 Å². The van der Waals surface area contributed by atoms with Crippen LogP contribution in [0.1, 0.15) is 18.1 Å². The number of rotatable bonds is 3. The number of hydrogen-bond acceptors (Lipinski definition) is 1. The van der Waals surface area contributed by atoms with Crippen LogP contribution in [0, 0.1) is 6.92 Å². The number of hydrogen-bond donors (Lipinski definition) is 0. The Morgan fingerprint density at radius 2 is 2.00 bits per heavy atom. The SMILES string of the molecule is Cc1ccc(N(C)C)cc1CC(C)[As].